The molecule has 1 aliphatic rings. The van der Waals surface area contributed by atoms with Crippen LogP contribution in [0.4, 0.5) is 0 Å². The number of hydrogen-bond donors (Lipinski definition) is 1. The highest BCUT2D eigenvalue weighted by Crippen LogP contribution is 1.84. The van der Waals surface area contributed by atoms with Crippen LogP contribution in [0.2, 0.25) is 0 Å². The minimum Gasteiger partial charge on any atom is -0.377 e. The van der Waals surface area contributed by atoms with Crippen molar-refractivity contribution < 1.29 is 21.9 Å². The summed E-state index contributed by atoms with van der Waals surface area (Å²) in [6.07, 6.45) is 0. The molecule has 6 heteroatoms. The molecule has 5 nitrogen and oxygen atoms in total. The Labute approximate surface area is 59.9 Å². The van der Waals surface area contributed by atoms with Crippen LogP contribution in [-0.2, 0) is 19.3 Å². The minimum atomic E-state index is -4.17. The lowest BCUT2D eigenvalue weighted by Crippen LogP contribution is -2.01. The van der Waals surface area contributed by atoms with Crippen molar-refractivity contribution in [3.8, 4) is 0 Å². The molecule has 0 aromatic carbocycles. The van der Waals surface area contributed by atoms with Crippen LogP contribution in [0, 0.1) is 0 Å². The van der Waals surface area contributed by atoms with Crippen LogP contribution in [-0.4, -0.2) is 32.8 Å². The van der Waals surface area contributed by atoms with Crippen molar-refractivity contribution in [2.24, 2.45) is 0 Å². The maximum Gasteiger partial charge on any atom is 0.397 e. The lowest BCUT2D eigenvalue weighted by molar-refractivity contribution is 0.283. The standard InChI is InChI=1S/C2H6O4S.C2H4O/c1-2-6-7(3,4)5;1-2-3-1/h2H2,1H3,(H,3,4,5);1-2H2. The minimum absolute atomic E-state index is 0.0289. The average Bonchev–Trinajstić information content (AvgIpc) is 2.40. The van der Waals surface area contributed by atoms with Crippen LogP contribution < -0.4 is 0 Å². The Bertz CT molecular complexity index is 156. The first-order valence-electron chi connectivity index (χ1n) is 2.76. The van der Waals surface area contributed by atoms with Crippen molar-refractivity contribution in [3.63, 3.8) is 0 Å². The third-order valence-electron chi connectivity index (χ3n) is 0.471. The number of hydrogen-bond acceptors (Lipinski definition) is 4. The Balaban J connectivity index is 0.000000219. The molecule has 0 aromatic heterocycles. The molecule has 0 aliphatic carbocycles. The van der Waals surface area contributed by atoms with E-state index in [9.17, 15) is 8.42 Å². The molecule has 0 aromatic rings. The largest absolute Gasteiger partial charge is 0.397 e. The van der Waals surface area contributed by atoms with E-state index in [1.165, 1.54) is 6.92 Å². The second-order valence-corrected chi connectivity index (χ2v) is 2.54. The molecule has 0 spiro atoms. The lowest BCUT2D eigenvalue weighted by atomic mass is 10.9. The highest BCUT2D eigenvalue weighted by Gasteiger charge is 1.98. The van der Waals surface area contributed by atoms with Crippen molar-refractivity contribution in [2.45, 2.75) is 6.92 Å². The van der Waals surface area contributed by atoms with Gasteiger partial charge in [0.05, 0.1) is 19.8 Å². The van der Waals surface area contributed by atoms with Gasteiger partial charge >= 0.3 is 10.4 Å². The quantitative estimate of drug-likeness (QED) is 0.460. The Morgan fingerprint density at radius 3 is 2.00 bits per heavy atom. The zero-order chi connectivity index (χ0) is 8.04. The highest BCUT2D eigenvalue weighted by atomic mass is 32.3. The van der Waals surface area contributed by atoms with Crippen LogP contribution in [0.15, 0.2) is 0 Å². The van der Waals surface area contributed by atoms with Gasteiger partial charge in [0.2, 0.25) is 0 Å². The first kappa shape index (κ1) is 9.83. The predicted molar refractivity (Wildman–Crippen MR) is 34.0 cm³/mol. The Hall–Kier alpha value is -0.170. The summed E-state index contributed by atoms with van der Waals surface area (Å²) in [5.41, 5.74) is 0. The van der Waals surface area contributed by atoms with Gasteiger partial charge in [-0.3, -0.25) is 4.55 Å². The van der Waals surface area contributed by atoms with Crippen LogP contribution in [0.5, 0.6) is 0 Å². The van der Waals surface area contributed by atoms with Gasteiger partial charge in [0.15, 0.2) is 0 Å². The van der Waals surface area contributed by atoms with Crippen LogP contribution in [0.3, 0.4) is 0 Å². The summed E-state index contributed by atoms with van der Waals surface area (Å²) in [7, 11) is -4.17. The van der Waals surface area contributed by atoms with E-state index in [4.69, 9.17) is 4.55 Å². The molecule has 10 heavy (non-hydrogen) atoms. The smallest absolute Gasteiger partial charge is 0.377 e. The van der Waals surface area contributed by atoms with E-state index in [1.807, 2.05) is 0 Å². The van der Waals surface area contributed by atoms with Crippen LogP contribution in [0.25, 0.3) is 0 Å². The molecule has 0 unspecified atom stereocenters. The summed E-state index contributed by atoms with van der Waals surface area (Å²) in [6.45, 7) is 3.44. The molecule has 0 saturated carbocycles. The summed E-state index contributed by atoms with van der Waals surface area (Å²) in [6, 6.07) is 0. The van der Waals surface area contributed by atoms with E-state index in [0.29, 0.717) is 0 Å². The lowest BCUT2D eigenvalue weighted by Gasteiger charge is -1.88. The third-order valence-corrected chi connectivity index (χ3v) is 1.00. The van der Waals surface area contributed by atoms with Gasteiger partial charge in [0, 0.05) is 0 Å². The van der Waals surface area contributed by atoms with Gasteiger partial charge in [-0.1, -0.05) is 0 Å². The van der Waals surface area contributed by atoms with E-state index in [-0.39, 0.29) is 6.61 Å². The molecule has 0 bridgehead atoms. The fourth-order valence-electron chi connectivity index (χ4n) is 0.149. The maximum absolute atomic E-state index is 9.56. The zero-order valence-electron chi connectivity index (χ0n) is 5.61. The third kappa shape index (κ3) is 15.7. The van der Waals surface area contributed by atoms with Crippen molar-refractivity contribution in [1.29, 1.82) is 0 Å². The van der Waals surface area contributed by atoms with Crippen molar-refractivity contribution in [1.82, 2.24) is 0 Å². The molecular formula is C4H10O5S. The van der Waals surface area contributed by atoms with E-state index in [0.717, 1.165) is 13.2 Å². The second-order valence-electron chi connectivity index (χ2n) is 1.45. The summed E-state index contributed by atoms with van der Waals surface area (Å²) >= 11 is 0. The zero-order valence-corrected chi connectivity index (χ0v) is 6.43. The average molecular weight is 170 g/mol. The summed E-state index contributed by atoms with van der Waals surface area (Å²) in [5.74, 6) is 0. The van der Waals surface area contributed by atoms with E-state index in [1.54, 1.807) is 0 Å². The van der Waals surface area contributed by atoms with E-state index >= 15 is 0 Å². The predicted octanol–water partition coefficient (Wildman–Crippen LogP) is -0.158. The number of rotatable bonds is 2. The van der Waals surface area contributed by atoms with Crippen molar-refractivity contribution >= 4 is 10.4 Å². The summed E-state index contributed by atoms with van der Waals surface area (Å²) in [4.78, 5) is 0. The fraction of sp³-hybridized carbons (Fsp3) is 1.00. The molecule has 0 amide bonds. The number of ether oxygens (including phenoxy) is 1. The molecule has 1 rings (SSSR count). The van der Waals surface area contributed by atoms with Gasteiger partial charge in [-0.15, -0.1) is 0 Å². The SMILES string of the molecule is C1CO1.CCOS(=O)(=O)O. The maximum atomic E-state index is 9.56. The normalized spacial score (nSPS) is 15.4. The molecule has 1 N–H and O–H groups in total. The Morgan fingerprint density at radius 1 is 1.60 bits per heavy atom. The molecule has 0 atom stereocenters. The summed E-state index contributed by atoms with van der Waals surface area (Å²) in [5, 5.41) is 0. The van der Waals surface area contributed by atoms with Gasteiger partial charge in [-0.25, -0.2) is 4.18 Å². The Morgan fingerprint density at radius 2 is 2.00 bits per heavy atom. The monoisotopic (exact) mass is 170 g/mol. The first-order valence-corrected chi connectivity index (χ1v) is 4.12. The van der Waals surface area contributed by atoms with Gasteiger partial charge in [0.25, 0.3) is 0 Å². The van der Waals surface area contributed by atoms with Crippen molar-refractivity contribution in [3.05, 3.63) is 0 Å². The fourth-order valence-corrected chi connectivity index (χ4v) is 0.447. The van der Waals surface area contributed by atoms with E-state index < -0.39 is 10.4 Å². The molecular weight excluding hydrogens is 160 g/mol. The molecule has 1 heterocycles. The van der Waals surface area contributed by atoms with E-state index in [2.05, 4.69) is 8.92 Å². The number of epoxide rings is 1. The summed E-state index contributed by atoms with van der Waals surface area (Å²) < 4.78 is 35.2. The second kappa shape index (κ2) is 4.62. The van der Waals surface area contributed by atoms with Gasteiger partial charge in [-0.2, -0.15) is 8.42 Å². The van der Waals surface area contributed by atoms with Crippen molar-refractivity contribution in [2.75, 3.05) is 19.8 Å². The molecule has 1 saturated heterocycles. The van der Waals surface area contributed by atoms with Crippen LogP contribution >= 0.6 is 0 Å². The van der Waals surface area contributed by atoms with Gasteiger partial charge in [-0.05, 0) is 6.92 Å². The first-order chi connectivity index (χ1) is 4.56. The molecule has 1 aliphatic heterocycles. The van der Waals surface area contributed by atoms with Gasteiger partial charge < -0.3 is 4.74 Å². The Kier molecular flexibility index (Phi) is 4.54. The highest BCUT2D eigenvalue weighted by molar-refractivity contribution is 7.80. The topological polar surface area (TPSA) is 76.1 Å². The molecule has 1 fully saturated rings. The van der Waals surface area contributed by atoms with Gasteiger partial charge in [0.1, 0.15) is 0 Å². The molecule has 62 valence electrons. The molecule has 0 radical (unpaired) electrons. The van der Waals surface area contributed by atoms with Crippen LogP contribution in [0.1, 0.15) is 6.92 Å².